The highest BCUT2D eigenvalue weighted by atomic mass is 35.5. The Bertz CT molecular complexity index is 1530. The Balaban J connectivity index is 1.75. The van der Waals surface area contributed by atoms with Crippen LogP contribution in [0.3, 0.4) is 0 Å². The van der Waals surface area contributed by atoms with Crippen molar-refractivity contribution in [2.45, 2.75) is 50.7 Å². The van der Waals surface area contributed by atoms with Crippen molar-refractivity contribution < 1.29 is 18.0 Å². The highest BCUT2D eigenvalue weighted by Crippen LogP contribution is 2.36. The summed E-state index contributed by atoms with van der Waals surface area (Å²) in [5.74, 6) is -0.912. The molecule has 0 spiro atoms. The summed E-state index contributed by atoms with van der Waals surface area (Å²) in [5, 5.41) is 3.81. The fraction of sp³-hybridized carbons (Fsp3) is 0.333. The summed E-state index contributed by atoms with van der Waals surface area (Å²) in [7, 11) is -4.02. The number of sulfonamides is 1. The first-order valence-electron chi connectivity index (χ1n) is 13.4. The van der Waals surface area contributed by atoms with Crippen molar-refractivity contribution in [3.05, 3.63) is 97.9 Å². The second-order valence-electron chi connectivity index (χ2n) is 10.3. The van der Waals surface area contributed by atoms with E-state index in [0.717, 1.165) is 41.8 Å². The zero-order valence-electron chi connectivity index (χ0n) is 22.9. The molecule has 12 heteroatoms. The van der Waals surface area contributed by atoms with Gasteiger partial charge in [-0.3, -0.25) is 13.9 Å². The number of carbonyl (C=O) groups excluding carboxylic acids is 2. The van der Waals surface area contributed by atoms with Gasteiger partial charge < -0.3 is 10.2 Å². The third kappa shape index (κ3) is 8.54. The molecule has 2 amide bonds. The van der Waals surface area contributed by atoms with Gasteiger partial charge in [0.15, 0.2) is 0 Å². The maximum atomic E-state index is 14.2. The minimum atomic E-state index is -4.02. The molecule has 0 bridgehead atoms. The molecular formula is C30H31Cl4N3O4S. The van der Waals surface area contributed by atoms with Gasteiger partial charge in [-0.15, -0.1) is 0 Å². The second kappa shape index (κ2) is 14.3. The number of amides is 2. The molecule has 0 unspecified atom stereocenters. The molecule has 0 aromatic heterocycles. The maximum Gasteiger partial charge on any atom is 0.244 e. The van der Waals surface area contributed by atoms with E-state index in [1.165, 1.54) is 17.0 Å². The normalized spacial score (nSPS) is 14.4. The summed E-state index contributed by atoms with van der Waals surface area (Å²) in [6.07, 6.45) is 4.96. The molecule has 1 atom stereocenters. The fourth-order valence-electron chi connectivity index (χ4n) is 5.05. The van der Waals surface area contributed by atoms with Gasteiger partial charge in [0.05, 0.1) is 27.0 Å². The highest BCUT2D eigenvalue weighted by molar-refractivity contribution is 7.92. The van der Waals surface area contributed by atoms with E-state index < -0.39 is 28.5 Å². The van der Waals surface area contributed by atoms with Gasteiger partial charge in [0.1, 0.15) is 12.6 Å². The van der Waals surface area contributed by atoms with Crippen LogP contribution in [0.5, 0.6) is 0 Å². The lowest BCUT2D eigenvalue weighted by Gasteiger charge is -2.34. The van der Waals surface area contributed by atoms with Gasteiger partial charge in [-0.05, 0) is 48.2 Å². The average molecular weight is 671 g/mol. The van der Waals surface area contributed by atoms with Gasteiger partial charge >= 0.3 is 0 Å². The number of carbonyl (C=O) groups is 2. The number of rotatable bonds is 11. The van der Waals surface area contributed by atoms with Crippen molar-refractivity contribution in [3.8, 4) is 0 Å². The van der Waals surface area contributed by atoms with Crippen LogP contribution in [0.1, 0.15) is 36.8 Å². The molecule has 1 aliphatic rings. The smallest absolute Gasteiger partial charge is 0.244 e. The fourth-order valence-corrected chi connectivity index (χ4v) is 6.81. The predicted molar refractivity (Wildman–Crippen MR) is 170 cm³/mol. The number of halogens is 4. The van der Waals surface area contributed by atoms with Gasteiger partial charge in [0.2, 0.25) is 21.8 Å². The lowest BCUT2D eigenvalue weighted by Crippen LogP contribution is -2.54. The van der Waals surface area contributed by atoms with E-state index in [1.54, 1.807) is 24.3 Å². The van der Waals surface area contributed by atoms with Crippen molar-refractivity contribution in [1.29, 1.82) is 0 Å². The first-order valence-corrected chi connectivity index (χ1v) is 16.8. The number of hydrogen-bond donors (Lipinski definition) is 1. The molecule has 3 aromatic rings. The van der Waals surface area contributed by atoms with Crippen molar-refractivity contribution in [3.63, 3.8) is 0 Å². The molecule has 1 saturated carbocycles. The van der Waals surface area contributed by atoms with Gasteiger partial charge in [0.25, 0.3) is 0 Å². The van der Waals surface area contributed by atoms with E-state index in [-0.39, 0.29) is 45.7 Å². The van der Waals surface area contributed by atoms with E-state index >= 15 is 0 Å². The lowest BCUT2D eigenvalue weighted by molar-refractivity contribution is -0.140. The zero-order chi connectivity index (χ0) is 30.4. The molecule has 1 N–H and O–H groups in total. The van der Waals surface area contributed by atoms with Crippen LogP contribution in [0.25, 0.3) is 0 Å². The van der Waals surface area contributed by atoms with E-state index in [4.69, 9.17) is 46.4 Å². The first-order chi connectivity index (χ1) is 19.9. The van der Waals surface area contributed by atoms with Crippen molar-refractivity contribution in [2.24, 2.45) is 0 Å². The molecule has 1 aliphatic carbocycles. The Morgan fingerprint density at radius 1 is 0.881 bits per heavy atom. The van der Waals surface area contributed by atoms with Gasteiger partial charge in [-0.1, -0.05) is 102 Å². The number of hydrogen-bond acceptors (Lipinski definition) is 4. The number of nitrogens with zero attached hydrogens (tertiary/aromatic N) is 2. The molecule has 0 radical (unpaired) electrons. The lowest BCUT2D eigenvalue weighted by atomic mass is 10.0. The molecule has 0 aliphatic heterocycles. The third-order valence-corrected chi connectivity index (χ3v) is 9.54. The zero-order valence-corrected chi connectivity index (χ0v) is 26.7. The minimum Gasteiger partial charge on any atom is -0.352 e. The summed E-state index contributed by atoms with van der Waals surface area (Å²) in [5.41, 5.74) is 1.53. The second-order valence-corrected chi connectivity index (χ2v) is 13.9. The molecule has 0 saturated heterocycles. The molecule has 42 heavy (non-hydrogen) atoms. The SMILES string of the molecule is CS(=O)(=O)N(CC(=O)N(Cc1cccc(Cl)c1)[C@H](Cc1ccccc1)C(=O)NC1CCCC1)c1cc(Cl)c(Cl)cc1Cl. The molecular weight excluding hydrogens is 640 g/mol. The summed E-state index contributed by atoms with van der Waals surface area (Å²) in [6.45, 7) is -0.610. The number of anilines is 1. The van der Waals surface area contributed by atoms with Crippen LogP contribution in [0.2, 0.25) is 20.1 Å². The Morgan fingerprint density at radius 2 is 1.52 bits per heavy atom. The first kappa shape index (κ1) is 32.4. The topological polar surface area (TPSA) is 86.8 Å². The van der Waals surface area contributed by atoms with Crippen LogP contribution in [0.15, 0.2) is 66.7 Å². The largest absolute Gasteiger partial charge is 0.352 e. The summed E-state index contributed by atoms with van der Waals surface area (Å²) in [4.78, 5) is 29.5. The van der Waals surface area contributed by atoms with Crippen molar-refractivity contribution >= 4 is 73.9 Å². The summed E-state index contributed by atoms with van der Waals surface area (Å²) >= 11 is 24.9. The molecule has 7 nitrogen and oxygen atoms in total. The van der Waals surface area contributed by atoms with E-state index in [9.17, 15) is 18.0 Å². The van der Waals surface area contributed by atoms with Crippen LogP contribution < -0.4 is 9.62 Å². The molecule has 224 valence electrons. The maximum absolute atomic E-state index is 14.2. The van der Waals surface area contributed by atoms with E-state index in [1.807, 2.05) is 30.3 Å². The van der Waals surface area contributed by atoms with Crippen LogP contribution >= 0.6 is 46.4 Å². The highest BCUT2D eigenvalue weighted by Gasteiger charge is 2.34. The van der Waals surface area contributed by atoms with Gasteiger partial charge in [0, 0.05) is 24.0 Å². The molecule has 0 heterocycles. The standard InChI is InChI=1S/C30H31Cl4N3O4S/c1-42(40,41)37(27-17-25(33)24(32)16-26(27)34)19-29(38)36(18-21-10-7-11-22(31)14-21)28(15-20-8-3-2-4-9-20)30(39)35-23-12-5-6-13-23/h2-4,7-11,14,16-17,23,28H,5-6,12-13,15,18-19H2,1H3,(H,35,39)/t28-/m1/s1. The van der Waals surface area contributed by atoms with Gasteiger partial charge in [-0.2, -0.15) is 0 Å². The molecule has 4 rings (SSSR count). The van der Waals surface area contributed by atoms with Crippen LogP contribution in [0.4, 0.5) is 5.69 Å². The van der Waals surface area contributed by atoms with Crippen LogP contribution in [-0.4, -0.2) is 50.0 Å². The van der Waals surface area contributed by atoms with Crippen molar-refractivity contribution in [1.82, 2.24) is 10.2 Å². The quantitative estimate of drug-likeness (QED) is 0.228. The van der Waals surface area contributed by atoms with E-state index in [2.05, 4.69) is 5.32 Å². The Labute approximate surface area is 266 Å². The Hall–Kier alpha value is -2.49. The molecule has 3 aromatic carbocycles. The number of benzene rings is 3. The Kier molecular flexibility index (Phi) is 11.1. The third-order valence-electron chi connectivity index (χ3n) is 7.15. The van der Waals surface area contributed by atoms with Crippen LogP contribution in [0, 0.1) is 0 Å². The van der Waals surface area contributed by atoms with Gasteiger partial charge in [-0.25, -0.2) is 8.42 Å². The minimum absolute atomic E-state index is 0.000334. The predicted octanol–water partition coefficient (Wildman–Crippen LogP) is 6.77. The van der Waals surface area contributed by atoms with Crippen LogP contribution in [-0.2, 0) is 32.6 Å². The average Bonchev–Trinajstić information content (AvgIpc) is 3.44. The number of nitrogens with one attached hydrogen (secondary N) is 1. The summed E-state index contributed by atoms with van der Waals surface area (Å²) < 4.78 is 26.9. The summed E-state index contributed by atoms with van der Waals surface area (Å²) in [6, 6.07) is 18.0. The molecule has 1 fully saturated rings. The van der Waals surface area contributed by atoms with Crippen molar-refractivity contribution in [2.75, 3.05) is 17.1 Å². The monoisotopic (exact) mass is 669 g/mol. The van der Waals surface area contributed by atoms with E-state index in [0.29, 0.717) is 10.6 Å². The Morgan fingerprint density at radius 3 is 2.17 bits per heavy atom.